The maximum atomic E-state index is 11.4. The predicted molar refractivity (Wildman–Crippen MR) is 105 cm³/mol. The smallest absolute Gasteiger partial charge is 0.209 e. The van der Waals surface area contributed by atoms with Gasteiger partial charge in [-0.2, -0.15) is 0 Å². The summed E-state index contributed by atoms with van der Waals surface area (Å²) in [6.45, 7) is 0.448. The molecule has 0 saturated carbocycles. The number of rotatable bonds is 2. The lowest BCUT2D eigenvalue weighted by Gasteiger charge is -2.22. The van der Waals surface area contributed by atoms with Crippen LogP contribution in [0.5, 0.6) is 0 Å². The highest BCUT2D eigenvalue weighted by atomic mass is 16.7. The van der Waals surface area contributed by atoms with E-state index in [0.717, 1.165) is 11.1 Å². The summed E-state index contributed by atoms with van der Waals surface area (Å²) < 4.78 is 12.0. The highest BCUT2D eigenvalue weighted by Crippen LogP contribution is 2.37. The molecule has 27 heavy (non-hydrogen) atoms. The largest absolute Gasteiger partial charge is 0.340 e. The van der Waals surface area contributed by atoms with E-state index in [1.165, 1.54) is 28.5 Å². The monoisotopic (exact) mass is 354 g/mol. The van der Waals surface area contributed by atoms with Gasteiger partial charge >= 0.3 is 0 Å². The van der Waals surface area contributed by atoms with Gasteiger partial charge in [0.25, 0.3) is 0 Å². The number of hydrogen-bond acceptors (Lipinski definition) is 3. The van der Waals surface area contributed by atoms with E-state index in [2.05, 4.69) is 60.7 Å². The van der Waals surface area contributed by atoms with Gasteiger partial charge in [0.2, 0.25) is 5.79 Å². The predicted octanol–water partition coefficient (Wildman–Crippen LogP) is 4.99. The summed E-state index contributed by atoms with van der Waals surface area (Å²) in [7, 11) is 0. The highest BCUT2D eigenvalue weighted by molar-refractivity contribution is 6.00. The first-order chi connectivity index (χ1) is 13.2. The Morgan fingerprint density at radius 2 is 1.59 bits per heavy atom. The number of hydrogen-bond donors (Lipinski definition) is 0. The van der Waals surface area contributed by atoms with Gasteiger partial charge in [0.1, 0.15) is 6.10 Å². The molecule has 1 fully saturated rings. The highest BCUT2D eigenvalue weighted by Gasteiger charge is 2.39. The Labute approximate surface area is 157 Å². The van der Waals surface area contributed by atoms with Crippen LogP contribution in [0.4, 0.5) is 0 Å². The van der Waals surface area contributed by atoms with Crippen molar-refractivity contribution >= 4 is 16.6 Å². The Balaban J connectivity index is 1.45. The van der Waals surface area contributed by atoms with Crippen molar-refractivity contribution in [3.63, 3.8) is 0 Å². The molecule has 5 rings (SSSR count). The van der Waals surface area contributed by atoms with Crippen LogP contribution in [-0.2, 0) is 14.3 Å². The van der Waals surface area contributed by atoms with E-state index in [0.29, 0.717) is 6.61 Å². The quantitative estimate of drug-likeness (QED) is 0.651. The Bertz CT molecular complexity index is 1080. The number of carbonyl (C=O) groups excluding carboxylic acids is 1. The molecule has 0 bridgehead atoms. The third-order valence-corrected chi connectivity index (χ3v) is 5.09. The average Bonchev–Trinajstić information content (AvgIpc) is 3.14. The Kier molecular flexibility index (Phi) is 3.78. The van der Waals surface area contributed by atoms with E-state index in [1.54, 1.807) is 12.2 Å². The minimum atomic E-state index is -0.919. The Morgan fingerprint density at radius 1 is 0.815 bits per heavy atom. The first-order valence-corrected chi connectivity index (χ1v) is 9.04. The summed E-state index contributed by atoms with van der Waals surface area (Å²) in [5, 5.41) is 2.46. The molecule has 1 atom stereocenters. The number of ether oxygens (including phenoxy) is 2. The summed E-state index contributed by atoms with van der Waals surface area (Å²) in [5.74, 6) is -0.966. The fraction of sp³-hybridized carbons (Fsp3) is 0.125. The molecule has 132 valence electrons. The van der Waals surface area contributed by atoms with Crippen LogP contribution < -0.4 is 0 Å². The molecule has 0 N–H and O–H groups in total. The van der Waals surface area contributed by atoms with Crippen LogP contribution in [0.3, 0.4) is 0 Å². The van der Waals surface area contributed by atoms with E-state index < -0.39 is 5.79 Å². The number of allylic oxidation sites excluding steroid dienone is 2. The van der Waals surface area contributed by atoms with Gasteiger partial charge < -0.3 is 9.47 Å². The van der Waals surface area contributed by atoms with Crippen LogP contribution in [-0.4, -0.2) is 18.2 Å². The molecule has 1 saturated heterocycles. The van der Waals surface area contributed by atoms with Gasteiger partial charge in [-0.3, -0.25) is 4.79 Å². The van der Waals surface area contributed by atoms with Crippen LogP contribution >= 0.6 is 0 Å². The molecular weight excluding hydrogens is 336 g/mol. The van der Waals surface area contributed by atoms with E-state index in [9.17, 15) is 4.79 Å². The van der Waals surface area contributed by atoms with Gasteiger partial charge in [0.15, 0.2) is 5.78 Å². The van der Waals surface area contributed by atoms with Crippen molar-refractivity contribution in [2.75, 3.05) is 6.61 Å². The lowest BCUT2D eigenvalue weighted by molar-refractivity contribution is -0.113. The van der Waals surface area contributed by atoms with E-state index in [1.807, 2.05) is 6.07 Å². The minimum Gasteiger partial charge on any atom is -0.340 e. The molecule has 1 aliphatic heterocycles. The molecular formula is C24H18O3. The van der Waals surface area contributed by atoms with Crippen LogP contribution in [0.25, 0.3) is 21.9 Å². The molecule has 0 amide bonds. The first-order valence-electron chi connectivity index (χ1n) is 9.04. The second-order valence-corrected chi connectivity index (χ2v) is 6.90. The lowest BCUT2D eigenvalue weighted by Crippen LogP contribution is -2.27. The van der Waals surface area contributed by atoms with E-state index >= 15 is 0 Å². The lowest BCUT2D eigenvalue weighted by atomic mass is 9.98. The van der Waals surface area contributed by atoms with Gasteiger partial charge in [-0.25, -0.2) is 0 Å². The zero-order valence-electron chi connectivity index (χ0n) is 14.7. The number of ketones is 1. The summed E-state index contributed by atoms with van der Waals surface area (Å²) in [4.78, 5) is 11.4. The van der Waals surface area contributed by atoms with Crippen molar-refractivity contribution in [1.29, 1.82) is 0 Å². The number of benzene rings is 3. The van der Waals surface area contributed by atoms with Crippen LogP contribution in [0.2, 0.25) is 0 Å². The standard InChI is InChI=1S/C24H18O3/c25-22-10-12-24(13-11-22)26-16-23(27-24)21-7-3-6-19(15-21)20-9-8-17-4-1-2-5-18(17)14-20/h1-15,23H,16H2. The van der Waals surface area contributed by atoms with Gasteiger partial charge in [-0.15, -0.1) is 0 Å². The number of fused-ring (bicyclic) bond motifs is 1. The minimum absolute atomic E-state index is 0.0467. The third kappa shape index (κ3) is 3.01. The first kappa shape index (κ1) is 16.2. The maximum absolute atomic E-state index is 11.4. The molecule has 1 spiro atoms. The number of carbonyl (C=O) groups is 1. The van der Waals surface area contributed by atoms with Crippen molar-refractivity contribution in [3.05, 3.63) is 96.6 Å². The maximum Gasteiger partial charge on any atom is 0.209 e. The van der Waals surface area contributed by atoms with E-state index in [-0.39, 0.29) is 11.9 Å². The van der Waals surface area contributed by atoms with Gasteiger partial charge in [0.05, 0.1) is 6.61 Å². The van der Waals surface area contributed by atoms with Crippen LogP contribution in [0.1, 0.15) is 11.7 Å². The molecule has 1 aliphatic carbocycles. The van der Waals surface area contributed by atoms with E-state index in [4.69, 9.17) is 9.47 Å². The van der Waals surface area contributed by atoms with Crippen molar-refractivity contribution in [2.45, 2.75) is 11.9 Å². The second kappa shape index (κ2) is 6.31. The summed E-state index contributed by atoms with van der Waals surface area (Å²) in [6, 6.07) is 23.2. The molecule has 0 radical (unpaired) electrons. The normalized spacial score (nSPS) is 20.6. The zero-order valence-corrected chi connectivity index (χ0v) is 14.7. The topological polar surface area (TPSA) is 35.5 Å². The molecule has 1 unspecified atom stereocenters. The molecule has 2 aliphatic rings. The van der Waals surface area contributed by atoms with Crippen molar-refractivity contribution < 1.29 is 14.3 Å². The third-order valence-electron chi connectivity index (χ3n) is 5.09. The SMILES string of the molecule is O=C1C=CC2(C=C1)OCC(c1cccc(-c3ccc4ccccc4c3)c1)O2. The van der Waals surface area contributed by atoms with Gasteiger partial charge in [-0.05, 0) is 63.9 Å². The van der Waals surface area contributed by atoms with Gasteiger partial charge in [0, 0.05) is 0 Å². The molecule has 3 aromatic carbocycles. The second-order valence-electron chi connectivity index (χ2n) is 6.90. The molecule has 3 aromatic rings. The summed E-state index contributed by atoms with van der Waals surface area (Å²) in [5.41, 5.74) is 3.39. The Morgan fingerprint density at radius 3 is 2.44 bits per heavy atom. The molecule has 3 nitrogen and oxygen atoms in total. The van der Waals surface area contributed by atoms with Crippen molar-refractivity contribution in [1.82, 2.24) is 0 Å². The van der Waals surface area contributed by atoms with Crippen molar-refractivity contribution in [3.8, 4) is 11.1 Å². The summed E-state index contributed by atoms with van der Waals surface area (Å²) >= 11 is 0. The zero-order chi connectivity index (χ0) is 18.3. The molecule has 1 heterocycles. The molecule has 3 heteroatoms. The fourth-order valence-electron chi connectivity index (χ4n) is 3.63. The van der Waals surface area contributed by atoms with Crippen molar-refractivity contribution in [2.24, 2.45) is 0 Å². The fourth-order valence-corrected chi connectivity index (χ4v) is 3.63. The summed E-state index contributed by atoms with van der Waals surface area (Å²) in [6.07, 6.45) is 6.18. The Hall–Kier alpha value is -3.01. The van der Waals surface area contributed by atoms with Crippen LogP contribution in [0.15, 0.2) is 91.0 Å². The average molecular weight is 354 g/mol. The molecule has 0 aromatic heterocycles. The van der Waals surface area contributed by atoms with Gasteiger partial charge in [-0.1, -0.05) is 54.6 Å². The van der Waals surface area contributed by atoms with Crippen LogP contribution in [0, 0.1) is 0 Å².